The molecule has 0 bridgehead atoms. The Morgan fingerprint density at radius 2 is 1.83 bits per heavy atom. The summed E-state index contributed by atoms with van der Waals surface area (Å²) in [6, 6.07) is 11.5. The van der Waals surface area contributed by atoms with Gasteiger partial charge in [-0.15, -0.1) is 0 Å². The van der Waals surface area contributed by atoms with E-state index in [4.69, 9.17) is 4.74 Å². The third-order valence-corrected chi connectivity index (χ3v) is 7.59. The summed E-state index contributed by atoms with van der Waals surface area (Å²) in [5.41, 5.74) is 1.24. The number of hydrogen-bond donors (Lipinski definition) is 1. The number of nitrogens with zero attached hydrogens (tertiary/aromatic N) is 2. The third kappa shape index (κ3) is 4.48. The van der Waals surface area contributed by atoms with Crippen LogP contribution in [-0.4, -0.2) is 32.6 Å². The van der Waals surface area contributed by atoms with Crippen LogP contribution >= 0.6 is 0 Å². The number of carbonyl (C=O) groups excluding carboxylic acids is 1. The molecular formula is C24H19F4N3O4S. The molecular weight excluding hydrogens is 502 g/mol. The third-order valence-electron chi connectivity index (χ3n) is 6.24. The van der Waals surface area contributed by atoms with Crippen LogP contribution in [0.4, 0.5) is 33.9 Å². The Kier molecular flexibility index (Phi) is 5.86. The van der Waals surface area contributed by atoms with Gasteiger partial charge in [-0.05, 0) is 65.9 Å². The minimum absolute atomic E-state index is 0.0521. The van der Waals surface area contributed by atoms with Crippen LogP contribution in [0.15, 0.2) is 59.5 Å². The zero-order valence-electron chi connectivity index (χ0n) is 18.5. The second-order valence-electron chi connectivity index (χ2n) is 8.44. The molecule has 3 aromatic rings. The summed E-state index contributed by atoms with van der Waals surface area (Å²) in [4.78, 5) is 16.8. The molecule has 1 N–H and O–H groups in total. The van der Waals surface area contributed by atoms with Gasteiger partial charge in [-0.25, -0.2) is 18.2 Å². The van der Waals surface area contributed by atoms with Crippen molar-refractivity contribution < 1.29 is 35.5 Å². The molecule has 0 spiro atoms. The molecule has 2 heterocycles. The maximum absolute atomic E-state index is 13.4. The Balaban J connectivity index is 1.50. The largest absolute Gasteiger partial charge is 0.447 e. The van der Waals surface area contributed by atoms with Gasteiger partial charge in [0.15, 0.2) is 0 Å². The standard InChI is InChI=1S/C24H19F4N3O4S/c25-21-2-1-3-22(29-21)30-36(33,34)16-6-9-17-14(12-16)4-7-18(17)19-8-5-15(24(26,27)28)13-20(19)31-10-11-35-23(31)32/h1-3,5-6,8-9,12-13,18H,4,7,10-11H2,(H,29,30). The van der Waals surface area contributed by atoms with Gasteiger partial charge in [-0.1, -0.05) is 18.2 Å². The molecule has 1 amide bonds. The van der Waals surface area contributed by atoms with Gasteiger partial charge in [-0.3, -0.25) is 9.62 Å². The van der Waals surface area contributed by atoms with Crippen LogP contribution in [0.5, 0.6) is 0 Å². The molecule has 36 heavy (non-hydrogen) atoms. The minimum Gasteiger partial charge on any atom is -0.447 e. The van der Waals surface area contributed by atoms with E-state index in [1.807, 2.05) is 0 Å². The Morgan fingerprint density at radius 1 is 1.06 bits per heavy atom. The van der Waals surface area contributed by atoms with Crippen LogP contribution in [-0.2, 0) is 27.4 Å². The molecule has 12 heteroatoms. The lowest BCUT2D eigenvalue weighted by molar-refractivity contribution is -0.137. The van der Waals surface area contributed by atoms with Gasteiger partial charge in [0.2, 0.25) is 5.95 Å². The monoisotopic (exact) mass is 521 g/mol. The van der Waals surface area contributed by atoms with E-state index in [0.29, 0.717) is 24.0 Å². The van der Waals surface area contributed by atoms with Crippen molar-refractivity contribution in [2.75, 3.05) is 22.8 Å². The van der Waals surface area contributed by atoms with Crippen LogP contribution in [0, 0.1) is 5.95 Å². The zero-order chi connectivity index (χ0) is 25.7. The van der Waals surface area contributed by atoms with Crippen LogP contribution < -0.4 is 9.62 Å². The quantitative estimate of drug-likeness (QED) is 0.374. The van der Waals surface area contributed by atoms with E-state index in [1.165, 1.54) is 35.2 Å². The van der Waals surface area contributed by atoms with Crippen molar-refractivity contribution in [2.45, 2.75) is 29.8 Å². The van der Waals surface area contributed by atoms with Crippen molar-refractivity contribution in [1.82, 2.24) is 4.98 Å². The fourth-order valence-electron chi connectivity index (χ4n) is 4.61. The molecule has 1 unspecified atom stereocenters. The molecule has 188 valence electrons. The number of halogens is 4. The van der Waals surface area contributed by atoms with Crippen molar-refractivity contribution >= 4 is 27.6 Å². The summed E-state index contributed by atoms with van der Waals surface area (Å²) in [7, 11) is -4.06. The molecule has 1 aliphatic heterocycles. The number of fused-ring (bicyclic) bond motifs is 1. The number of aromatic nitrogens is 1. The van der Waals surface area contributed by atoms with Gasteiger partial charge in [0.05, 0.1) is 22.7 Å². The lowest BCUT2D eigenvalue weighted by Crippen LogP contribution is -2.26. The minimum atomic E-state index is -4.59. The first-order valence-electron chi connectivity index (χ1n) is 11.0. The van der Waals surface area contributed by atoms with Gasteiger partial charge >= 0.3 is 12.3 Å². The van der Waals surface area contributed by atoms with Gasteiger partial charge in [-0.2, -0.15) is 17.6 Å². The van der Waals surface area contributed by atoms with Crippen molar-refractivity contribution in [3.05, 3.63) is 82.8 Å². The highest BCUT2D eigenvalue weighted by molar-refractivity contribution is 7.92. The van der Waals surface area contributed by atoms with Gasteiger partial charge < -0.3 is 4.74 Å². The van der Waals surface area contributed by atoms with Crippen molar-refractivity contribution in [2.24, 2.45) is 0 Å². The molecule has 2 aromatic carbocycles. The van der Waals surface area contributed by atoms with E-state index in [0.717, 1.165) is 23.8 Å². The predicted molar refractivity (Wildman–Crippen MR) is 122 cm³/mol. The number of carbonyl (C=O) groups is 1. The molecule has 1 fully saturated rings. The predicted octanol–water partition coefficient (Wildman–Crippen LogP) is 5.08. The Bertz CT molecular complexity index is 1460. The molecule has 1 aliphatic carbocycles. The topological polar surface area (TPSA) is 88.6 Å². The molecule has 1 atom stereocenters. The SMILES string of the molecule is O=C1OCCN1c1cc(C(F)(F)F)ccc1C1CCc2cc(S(=O)(=O)Nc3cccc(F)n3)ccc21. The molecule has 5 rings (SSSR count). The first-order chi connectivity index (χ1) is 17.0. The average Bonchev–Trinajstić information content (AvgIpc) is 3.43. The highest BCUT2D eigenvalue weighted by Crippen LogP contribution is 2.45. The summed E-state index contributed by atoms with van der Waals surface area (Å²) < 4.78 is 86.4. The number of alkyl halides is 3. The lowest BCUT2D eigenvalue weighted by Gasteiger charge is -2.23. The molecule has 7 nitrogen and oxygen atoms in total. The fourth-order valence-corrected chi connectivity index (χ4v) is 5.66. The van der Waals surface area contributed by atoms with Gasteiger partial charge in [0, 0.05) is 5.92 Å². The normalized spacial score (nSPS) is 17.7. The van der Waals surface area contributed by atoms with Crippen molar-refractivity contribution in [3.8, 4) is 0 Å². The number of hydrogen-bond acceptors (Lipinski definition) is 5. The van der Waals surface area contributed by atoms with E-state index in [1.54, 1.807) is 6.07 Å². The zero-order valence-corrected chi connectivity index (χ0v) is 19.4. The second-order valence-corrected chi connectivity index (χ2v) is 10.1. The Hall–Kier alpha value is -3.67. The van der Waals surface area contributed by atoms with Crippen LogP contribution in [0.1, 0.15) is 34.6 Å². The van der Waals surface area contributed by atoms with E-state index >= 15 is 0 Å². The first-order valence-corrected chi connectivity index (χ1v) is 12.4. The number of ether oxygens (including phenoxy) is 1. The number of cyclic esters (lactones) is 1. The van der Waals surface area contributed by atoms with E-state index in [9.17, 15) is 30.8 Å². The summed E-state index contributed by atoms with van der Waals surface area (Å²) in [6.45, 7) is 0.202. The average molecular weight is 521 g/mol. The summed E-state index contributed by atoms with van der Waals surface area (Å²) in [5, 5.41) is 0. The summed E-state index contributed by atoms with van der Waals surface area (Å²) in [6.07, 6.45) is -4.31. The maximum Gasteiger partial charge on any atom is 0.416 e. The smallest absolute Gasteiger partial charge is 0.416 e. The molecule has 0 radical (unpaired) electrons. The van der Waals surface area contributed by atoms with Crippen molar-refractivity contribution in [1.29, 1.82) is 0 Å². The number of anilines is 2. The molecule has 2 aliphatic rings. The number of benzene rings is 2. The number of pyridine rings is 1. The molecule has 0 saturated carbocycles. The molecule has 1 aromatic heterocycles. The number of sulfonamides is 1. The van der Waals surface area contributed by atoms with E-state index in [2.05, 4.69) is 9.71 Å². The Morgan fingerprint density at radius 3 is 2.53 bits per heavy atom. The number of amides is 1. The van der Waals surface area contributed by atoms with Crippen LogP contribution in [0.3, 0.4) is 0 Å². The van der Waals surface area contributed by atoms with Gasteiger partial charge in [0.25, 0.3) is 10.0 Å². The first kappa shape index (κ1) is 24.0. The van der Waals surface area contributed by atoms with Crippen LogP contribution in [0.2, 0.25) is 0 Å². The van der Waals surface area contributed by atoms with Gasteiger partial charge in [0.1, 0.15) is 12.4 Å². The number of rotatable bonds is 5. The summed E-state index contributed by atoms with van der Waals surface area (Å²) >= 11 is 0. The highest BCUT2D eigenvalue weighted by Gasteiger charge is 2.36. The summed E-state index contributed by atoms with van der Waals surface area (Å²) in [5.74, 6) is -1.35. The Labute approximate surface area is 203 Å². The fraction of sp³-hybridized carbons (Fsp3) is 0.250. The highest BCUT2D eigenvalue weighted by atomic mass is 32.2. The number of nitrogens with one attached hydrogen (secondary N) is 1. The molecule has 1 saturated heterocycles. The van der Waals surface area contributed by atoms with E-state index in [-0.39, 0.29) is 35.5 Å². The van der Waals surface area contributed by atoms with Crippen molar-refractivity contribution in [3.63, 3.8) is 0 Å². The lowest BCUT2D eigenvalue weighted by atomic mass is 9.90. The maximum atomic E-state index is 13.4. The van der Waals surface area contributed by atoms with E-state index < -0.39 is 33.8 Å². The van der Waals surface area contributed by atoms with Crippen LogP contribution in [0.25, 0.3) is 0 Å². The number of aryl methyl sites for hydroxylation is 1. The second kappa shape index (κ2) is 8.77.